The molecule has 1 aliphatic rings. The van der Waals surface area contributed by atoms with E-state index in [1.165, 1.54) is 12.8 Å². The lowest BCUT2D eigenvalue weighted by Gasteiger charge is -2.16. The van der Waals surface area contributed by atoms with E-state index >= 15 is 0 Å². The second-order valence-electron chi connectivity index (χ2n) is 6.45. The Morgan fingerprint density at radius 2 is 2.16 bits per heavy atom. The number of carbonyl (C=O) groups is 1. The maximum Gasteiger partial charge on any atom is 0.158 e. The average molecular weight is 355 g/mol. The Hall–Kier alpha value is -2.27. The molecular weight excluding hydrogens is 336 g/mol. The van der Waals surface area contributed by atoms with Gasteiger partial charge < -0.3 is 0 Å². The highest BCUT2D eigenvalue weighted by molar-refractivity contribution is 6.29. The van der Waals surface area contributed by atoms with Crippen LogP contribution in [0.3, 0.4) is 0 Å². The fourth-order valence-corrected chi connectivity index (χ4v) is 4.02. The maximum atomic E-state index is 12.1. The molecule has 0 spiro atoms. The largest absolute Gasteiger partial charge is 0.298 e. The predicted molar refractivity (Wildman–Crippen MR) is 98.0 cm³/mol. The van der Waals surface area contributed by atoms with E-state index < -0.39 is 0 Å². The number of aromatic nitrogens is 4. The second-order valence-corrected chi connectivity index (χ2v) is 6.84. The third-order valence-electron chi connectivity index (χ3n) is 5.03. The first-order valence-electron chi connectivity index (χ1n) is 8.69. The highest BCUT2D eigenvalue weighted by atomic mass is 35.5. The van der Waals surface area contributed by atoms with Crippen molar-refractivity contribution < 1.29 is 4.79 Å². The van der Waals surface area contributed by atoms with E-state index in [2.05, 4.69) is 10.1 Å². The SMILES string of the molecule is CCn1ncc2c(-c3ccnc(Cl)c3)c(C=O)c(C3CCCC3)nc21. The van der Waals surface area contributed by atoms with Gasteiger partial charge in [0, 0.05) is 35.2 Å². The van der Waals surface area contributed by atoms with E-state index in [0.717, 1.165) is 53.5 Å². The van der Waals surface area contributed by atoms with Crippen LogP contribution in [0.5, 0.6) is 0 Å². The molecule has 3 aromatic heterocycles. The van der Waals surface area contributed by atoms with Gasteiger partial charge in [0.15, 0.2) is 11.9 Å². The summed E-state index contributed by atoms with van der Waals surface area (Å²) >= 11 is 6.10. The molecule has 1 fully saturated rings. The summed E-state index contributed by atoms with van der Waals surface area (Å²) in [6.45, 7) is 2.78. The molecule has 1 aliphatic carbocycles. The lowest BCUT2D eigenvalue weighted by atomic mass is 9.91. The number of hydrogen-bond donors (Lipinski definition) is 0. The van der Waals surface area contributed by atoms with Crippen LogP contribution in [-0.2, 0) is 6.54 Å². The van der Waals surface area contributed by atoms with Crippen molar-refractivity contribution in [2.45, 2.75) is 45.1 Å². The molecule has 25 heavy (non-hydrogen) atoms. The second kappa shape index (κ2) is 6.56. The van der Waals surface area contributed by atoms with Crippen LogP contribution in [0.25, 0.3) is 22.2 Å². The van der Waals surface area contributed by atoms with Gasteiger partial charge in [-0.05, 0) is 37.5 Å². The zero-order valence-corrected chi connectivity index (χ0v) is 14.8. The van der Waals surface area contributed by atoms with Crippen LogP contribution in [-0.4, -0.2) is 26.0 Å². The van der Waals surface area contributed by atoms with Gasteiger partial charge in [0.05, 0.1) is 11.9 Å². The van der Waals surface area contributed by atoms with E-state index in [1.54, 1.807) is 18.5 Å². The molecule has 0 N–H and O–H groups in total. The molecule has 0 radical (unpaired) electrons. The van der Waals surface area contributed by atoms with E-state index in [-0.39, 0.29) is 0 Å². The van der Waals surface area contributed by atoms with Crippen molar-refractivity contribution in [1.29, 1.82) is 0 Å². The molecule has 128 valence electrons. The fourth-order valence-electron chi connectivity index (χ4n) is 3.85. The van der Waals surface area contributed by atoms with Crippen molar-refractivity contribution >= 4 is 28.9 Å². The lowest BCUT2D eigenvalue weighted by Crippen LogP contribution is -2.07. The third kappa shape index (κ3) is 2.72. The van der Waals surface area contributed by atoms with Crippen molar-refractivity contribution in [3.8, 4) is 11.1 Å². The van der Waals surface area contributed by atoms with E-state index in [1.807, 2.05) is 17.7 Å². The number of pyridine rings is 2. The lowest BCUT2D eigenvalue weighted by molar-refractivity contribution is 0.112. The third-order valence-corrected chi connectivity index (χ3v) is 5.23. The zero-order chi connectivity index (χ0) is 17.4. The van der Waals surface area contributed by atoms with Crippen LogP contribution >= 0.6 is 11.6 Å². The molecule has 0 saturated heterocycles. The number of rotatable bonds is 4. The van der Waals surface area contributed by atoms with Crippen LogP contribution in [0.4, 0.5) is 0 Å². The Labute approximate surface area is 151 Å². The maximum absolute atomic E-state index is 12.1. The quantitative estimate of drug-likeness (QED) is 0.506. The van der Waals surface area contributed by atoms with Crippen LogP contribution < -0.4 is 0 Å². The van der Waals surface area contributed by atoms with Crippen LogP contribution in [0.2, 0.25) is 5.15 Å². The number of aryl methyl sites for hydroxylation is 1. The topological polar surface area (TPSA) is 60.7 Å². The molecule has 6 heteroatoms. The van der Waals surface area contributed by atoms with Gasteiger partial charge in [0.2, 0.25) is 0 Å². The Kier molecular flexibility index (Phi) is 4.25. The number of halogens is 1. The molecule has 3 aromatic rings. The van der Waals surface area contributed by atoms with Crippen molar-refractivity contribution in [2.75, 3.05) is 0 Å². The van der Waals surface area contributed by atoms with Crippen LogP contribution in [0.1, 0.15) is 54.6 Å². The molecule has 0 atom stereocenters. The molecule has 0 aliphatic heterocycles. The van der Waals surface area contributed by atoms with Crippen LogP contribution in [0.15, 0.2) is 24.5 Å². The van der Waals surface area contributed by atoms with Gasteiger partial charge in [-0.15, -0.1) is 0 Å². The van der Waals surface area contributed by atoms with Crippen molar-refractivity contribution in [1.82, 2.24) is 19.7 Å². The van der Waals surface area contributed by atoms with E-state index in [4.69, 9.17) is 16.6 Å². The van der Waals surface area contributed by atoms with E-state index in [9.17, 15) is 4.79 Å². The molecule has 0 aromatic carbocycles. The van der Waals surface area contributed by atoms with Crippen molar-refractivity contribution in [3.05, 3.63) is 40.9 Å². The first kappa shape index (κ1) is 16.2. The standard InChI is InChI=1S/C19H19ClN4O/c1-2-24-19-14(10-22-24)17(13-7-8-21-16(20)9-13)15(11-25)18(23-19)12-5-3-4-6-12/h7-12H,2-6H2,1H3. The summed E-state index contributed by atoms with van der Waals surface area (Å²) in [6.07, 6.45) is 8.93. The summed E-state index contributed by atoms with van der Waals surface area (Å²) in [5, 5.41) is 5.74. The molecule has 3 heterocycles. The summed E-state index contributed by atoms with van der Waals surface area (Å²) < 4.78 is 1.88. The number of fused-ring (bicyclic) bond motifs is 1. The zero-order valence-electron chi connectivity index (χ0n) is 14.1. The highest BCUT2D eigenvalue weighted by Gasteiger charge is 2.26. The fraction of sp³-hybridized carbons (Fsp3) is 0.368. The van der Waals surface area contributed by atoms with Crippen LogP contribution in [0, 0.1) is 0 Å². The number of aldehydes is 1. The van der Waals surface area contributed by atoms with E-state index in [0.29, 0.717) is 16.6 Å². The van der Waals surface area contributed by atoms with Gasteiger partial charge in [0.25, 0.3) is 0 Å². The summed E-state index contributed by atoms with van der Waals surface area (Å²) in [4.78, 5) is 21.0. The summed E-state index contributed by atoms with van der Waals surface area (Å²) in [7, 11) is 0. The van der Waals surface area contributed by atoms with Crippen molar-refractivity contribution in [3.63, 3.8) is 0 Å². The molecule has 5 nitrogen and oxygen atoms in total. The highest BCUT2D eigenvalue weighted by Crippen LogP contribution is 2.40. The average Bonchev–Trinajstić information content (AvgIpc) is 3.29. The molecule has 0 amide bonds. The normalized spacial score (nSPS) is 15.1. The predicted octanol–water partition coefficient (Wildman–Crippen LogP) is 4.64. The van der Waals surface area contributed by atoms with Gasteiger partial charge in [-0.3, -0.25) is 4.79 Å². The Balaban J connectivity index is 2.07. The van der Waals surface area contributed by atoms with Gasteiger partial charge in [0.1, 0.15) is 5.15 Å². The summed E-state index contributed by atoms with van der Waals surface area (Å²) in [6, 6.07) is 3.68. The summed E-state index contributed by atoms with van der Waals surface area (Å²) in [5.41, 5.74) is 4.14. The first-order chi connectivity index (χ1) is 12.2. The minimum Gasteiger partial charge on any atom is -0.298 e. The molecule has 1 saturated carbocycles. The van der Waals surface area contributed by atoms with Gasteiger partial charge in [-0.2, -0.15) is 5.10 Å². The number of carbonyl (C=O) groups excluding carboxylic acids is 1. The molecule has 4 rings (SSSR count). The molecular formula is C19H19ClN4O. The van der Waals surface area contributed by atoms with Gasteiger partial charge in [-0.25, -0.2) is 14.6 Å². The van der Waals surface area contributed by atoms with Gasteiger partial charge >= 0.3 is 0 Å². The minimum absolute atomic E-state index is 0.334. The molecule has 0 bridgehead atoms. The minimum atomic E-state index is 0.334. The van der Waals surface area contributed by atoms with Gasteiger partial charge in [-0.1, -0.05) is 24.4 Å². The Bertz CT molecular complexity index is 944. The van der Waals surface area contributed by atoms with Crippen molar-refractivity contribution in [2.24, 2.45) is 0 Å². The smallest absolute Gasteiger partial charge is 0.158 e. The number of nitrogens with zero attached hydrogens (tertiary/aromatic N) is 4. The Morgan fingerprint density at radius 3 is 2.84 bits per heavy atom. The first-order valence-corrected chi connectivity index (χ1v) is 9.07. The monoisotopic (exact) mass is 354 g/mol. The number of hydrogen-bond acceptors (Lipinski definition) is 4. The Morgan fingerprint density at radius 1 is 1.36 bits per heavy atom. The summed E-state index contributed by atoms with van der Waals surface area (Å²) in [5.74, 6) is 0.334. The molecule has 0 unspecified atom stereocenters.